The second-order valence-electron chi connectivity index (χ2n) is 5.32. The highest BCUT2D eigenvalue weighted by Crippen LogP contribution is 2.18. The molecular formula is C14H30N2O2. The second-order valence-corrected chi connectivity index (χ2v) is 5.32. The number of nitrogens with zero attached hydrogens (tertiary/aromatic N) is 1. The van der Waals surface area contributed by atoms with Crippen molar-refractivity contribution < 1.29 is 9.84 Å². The van der Waals surface area contributed by atoms with Crippen LogP contribution in [0.25, 0.3) is 0 Å². The zero-order valence-corrected chi connectivity index (χ0v) is 12.2. The standard InChI is InChI=1S/C14H30N2O2/c1-4-13-11-18-10-9-16(13)8-6-7-14(5-2,12-17)15-3/h13,15,17H,4-12H2,1-3H3. The van der Waals surface area contributed by atoms with E-state index in [1.54, 1.807) is 0 Å². The number of aliphatic hydroxyl groups is 1. The summed E-state index contributed by atoms with van der Waals surface area (Å²) in [5.41, 5.74) is -0.0893. The van der Waals surface area contributed by atoms with Crippen LogP contribution < -0.4 is 5.32 Å². The zero-order valence-electron chi connectivity index (χ0n) is 12.2. The fraction of sp³-hybridized carbons (Fsp3) is 1.00. The summed E-state index contributed by atoms with van der Waals surface area (Å²) < 4.78 is 5.52. The van der Waals surface area contributed by atoms with Crippen LogP contribution in [-0.4, -0.2) is 61.5 Å². The maximum Gasteiger partial charge on any atom is 0.0622 e. The second kappa shape index (κ2) is 8.10. The van der Waals surface area contributed by atoms with E-state index in [4.69, 9.17) is 4.74 Å². The molecule has 2 atom stereocenters. The highest BCUT2D eigenvalue weighted by molar-refractivity contribution is 4.85. The molecule has 0 aromatic rings. The SMILES string of the molecule is CCC1COCCN1CCCC(CC)(CO)NC. The predicted molar refractivity (Wildman–Crippen MR) is 74.9 cm³/mol. The Balaban J connectivity index is 2.35. The Hall–Kier alpha value is -0.160. The van der Waals surface area contributed by atoms with Crippen LogP contribution in [0.5, 0.6) is 0 Å². The zero-order chi connectivity index (χ0) is 13.4. The van der Waals surface area contributed by atoms with Crippen LogP contribution in [0.15, 0.2) is 0 Å². The van der Waals surface area contributed by atoms with Crippen LogP contribution in [0.4, 0.5) is 0 Å². The lowest BCUT2D eigenvalue weighted by molar-refractivity contribution is -0.0104. The number of aliphatic hydroxyl groups excluding tert-OH is 1. The lowest BCUT2D eigenvalue weighted by atomic mass is 9.91. The average molecular weight is 258 g/mol. The first kappa shape index (κ1) is 15.9. The fourth-order valence-electron chi connectivity index (χ4n) is 2.73. The highest BCUT2D eigenvalue weighted by atomic mass is 16.5. The predicted octanol–water partition coefficient (Wildman–Crippen LogP) is 1.24. The van der Waals surface area contributed by atoms with Gasteiger partial charge in [0.1, 0.15) is 0 Å². The molecule has 0 bridgehead atoms. The van der Waals surface area contributed by atoms with Gasteiger partial charge in [-0.2, -0.15) is 0 Å². The van der Waals surface area contributed by atoms with E-state index in [1.807, 2.05) is 7.05 Å². The molecule has 2 N–H and O–H groups in total. The molecule has 0 saturated carbocycles. The van der Waals surface area contributed by atoms with Crippen molar-refractivity contribution in [3.8, 4) is 0 Å². The number of ether oxygens (including phenoxy) is 1. The Morgan fingerprint density at radius 3 is 2.78 bits per heavy atom. The number of rotatable bonds is 8. The molecule has 2 unspecified atom stereocenters. The molecule has 1 aliphatic heterocycles. The molecule has 0 aromatic heterocycles. The van der Waals surface area contributed by atoms with E-state index < -0.39 is 0 Å². The van der Waals surface area contributed by atoms with Gasteiger partial charge in [-0.3, -0.25) is 4.90 Å². The van der Waals surface area contributed by atoms with Crippen LogP contribution in [-0.2, 0) is 4.74 Å². The minimum absolute atomic E-state index is 0.0893. The van der Waals surface area contributed by atoms with Crippen molar-refractivity contribution in [3.05, 3.63) is 0 Å². The maximum absolute atomic E-state index is 9.52. The summed E-state index contributed by atoms with van der Waals surface area (Å²) in [4.78, 5) is 2.54. The third kappa shape index (κ3) is 4.19. The number of nitrogens with one attached hydrogen (secondary N) is 1. The van der Waals surface area contributed by atoms with Gasteiger partial charge in [0.05, 0.1) is 19.8 Å². The molecule has 1 heterocycles. The summed E-state index contributed by atoms with van der Waals surface area (Å²) in [5, 5.41) is 12.8. The number of morpholine rings is 1. The number of hydrogen-bond donors (Lipinski definition) is 2. The average Bonchev–Trinajstić information content (AvgIpc) is 2.44. The van der Waals surface area contributed by atoms with E-state index in [9.17, 15) is 5.11 Å². The van der Waals surface area contributed by atoms with Crippen molar-refractivity contribution >= 4 is 0 Å². The third-order valence-corrected chi connectivity index (χ3v) is 4.43. The summed E-state index contributed by atoms with van der Waals surface area (Å²) >= 11 is 0. The van der Waals surface area contributed by atoms with Crippen LogP contribution in [0.1, 0.15) is 39.5 Å². The maximum atomic E-state index is 9.52. The molecule has 1 fully saturated rings. The molecule has 0 aliphatic carbocycles. The summed E-state index contributed by atoms with van der Waals surface area (Å²) in [7, 11) is 1.95. The normalized spacial score (nSPS) is 25.0. The minimum atomic E-state index is -0.0893. The summed E-state index contributed by atoms with van der Waals surface area (Å²) in [6.45, 7) is 8.49. The van der Waals surface area contributed by atoms with Crippen LogP contribution in [0, 0.1) is 0 Å². The molecule has 0 aromatic carbocycles. The monoisotopic (exact) mass is 258 g/mol. The van der Waals surface area contributed by atoms with Gasteiger partial charge in [-0.1, -0.05) is 13.8 Å². The van der Waals surface area contributed by atoms with E-state index in [-0.39, 0.29) is 12.1 Å². The van der Waals surface area contributed by atoms with Crippen LogP contribution >= 0.6 is 0 Å². The van der Waals surface area contributed by atoms with Crippen molar-refractivity contribution in [1.29, 1.82) is 0 Å². The summed E-state index contributed by atoms with van der Waals surface area (Å²) in [5.74, 6) is 0. The van der Waals surface area contributed by atoms with Crippen LogP contribution in [0.2, 0.25) is 0 Å². The largest absolute Gasteiger partial charge is 0.394 e. The van der Waals surface area contributed by atoms with Gasteiger partial charge in [0.2, 0.25) is 0 Å². The van der Waals surface area contributed by atoms with E-state index in [2.05, 4.69) is 24.1 Å². The number of likely N-dealkylation sites (N-methyl/N-ethyl adjacent to an activating group) is 1. The molecular weight excluding hydrogens is 228 g/mol. The molecule has 1 saturated heterocycles. The van der Waals surface area contributed by atoms with Gasteiger partial charge in [0.25, 0.3) is 0 Å². The van der Waals surface area contributed by atoms with Gasteiger partial charge in [-0.25, -0.2) is 0 Å². The van der Waals surface area contributed by atoms with Crippen molar-refractivity contribution in [2.75, 3.05) is 40.0 Å². The minimum Gasteiger partial charge on any atom is -0.394 e. The molecule has 0 radical (unpaired) electrons. The first-order valence-electron chi connectivity index (χ1n) is 7.33. The van der Waals surface area contributed by atoms with Crippen LogP contribution in [0.3, 0.4) is 0 Å². The lowest BCUT2D eigenvalue weighted by Gasteiger charge is -2.36. The van der Waals surface area contributed by atoms with Gasteiger partial charge in [0, 0.05) is 18.1 Å². The molecule has 1 rings (SSSR count). The first-order chi connectivity index (χ1) is 8.71. The Morgan fingerprint density at radius 1 is 1.44 bits per heavy atom. The smallest absolute Gasteiger partial charge is 0.0622 e. The van der Waals surface area contributed by atoms with Gasteiger partial charge in [-0.05, 0) is 39.3 Å². The molecule has 4 nitrogen and oxygen atoms in total. The van der Waals surface area contributed by atoms with Gasteiger partial charge >= 0.3 is 0 Å². The van der Waals surface area contributed by atoms with Crippen molar-refractivity contribution in [2.45, 2.75) is 51.1 Å². The van der Waals surface area contributed by atoms with E-state index in [0.717, 1.165) is 52.0 Å². The summed E-state index contributed by atoms with van der Waals surface area (Å²) in [6.07, 6.45) is 4.29. The molecule has 108 valence electrons. The highest BCUT2D eigenvalue weighted by Gasteiger charge is 2.26. The summed E-state index contributed by atoms with van der Waals surface area (Å²) in [6, 6.07) is 0.582. The van der Waals surface area contributed by atoms with Crippen molar-refractivity contribution in [3.63, 3.8) is 0 Å². The van der Waals surface area contributed by atoms with Gasteiger partial charge < -0.3 is 15.2 Å². The lowest BCUT2D eigenvalue weighted by Crippen LogP contribution is -2.48. The van der Waals surface area contributed by atoms with E-state index in [0.29, 0.717) is 6.04 Å². The van der Waals surface area contributed by atoms with Crippen molar-refractivity contribution in [1.82, 2.24) is 10.2 Å². The van der Waals surface area contributed by atoms with Gasteiger partial charge in [0.15, 0.2) is 0 Å². The Kier molecular flexibility index (Phi) is 7.15. The quantitative estimate of drug-likeness (QED) is 0.687. The molecule has 0 amide bonds. The Bertz CT molecular complexity index is 212. The molecule has 4 heteroatoms. The van der Waals surface area contributed by atoms with E-state index >= 15 is 0 Å². The fourth-order valence-corrected chi connectivity index (χ4v) is 2.73. The van der Waals surface area contributed by atoms with Crippen molar-refractivity contribution in [2.24, 2.45) is 0 Å². The Labute approximate surface area is 112 Å². The third-order valence-electron chi connectivity index (χ3n) is 4.43. The van der Waals surface area contributed by atoms with Gasteiger partial charge in [-0.15, -0.1) is 0 Å². The first-order valence-corrected chi connectivity index (χ1v) is 7.33. The van der Waals surface area contributed by atoms with E-state index in [1.165, 1.54) is 0 Å². The molecule has 1 aliphatic rings. The topological polar surface area (TPSA) is 44.7 Å². The molecule has 18 heavy (non-hydrogen) atoms. The Morgan fingerprint density at radius 2 is 2.22 bits per heavy atom. The number of hydrogen-bond acceptors (Lipinski definition) is 4. The molecule has 0 spiro atoms.